The number of aromatic nitrogens is 1. The van der Waals surface area contributed by atoms with Crippen LogP contribution in [-0.2, 0) is 9.84 Å². The van der Waals surface area contributed by atoms with Crippen LogP contribution in [0.3, 0.4) is 0 Å². The van der Waals surface area contributed by atoms with Gasteiger partial charge < -0.3 is 14.3 Å². The third kappa shape index (κ3) is 3.69. The van der Waals surface area contributed by atoms with Crippen LogP contribution in [0.1, 0.15) is 16.1 Å². The second-order valence-electron chi connectivity index (χ2n) is 7.14. The summed E-state index contributed by atoms with van der Waals surface area (Å²) in [7, 11) is -3.53. The van der Waals surface area contributed by atoms with Crippen LogP contribution in [0, 0.1) is 12.7 Å². The van der Waals surface area contributed by atoms with E-state index in [0.717, 1.165) is 35.2 Å². The lowest BCUT2D eigenvalue weighted by Gasteiger charge is -2.36. The number of piperazine rings is 1. The maximum atomic E-state index is 14.2. The standard InChI is InChI=1S/C20H20FN3O4S/c1-13-16-5-3-14(11-19(16)28-22-13)23-7-9-24(10-8-23)20(25)17-12-15(29(2,26)27)4-6-18(17)21/h3-6,11-12H,7-10H2,1-2H3. The molecule has 7 nitrogen and oxygen atoms in total. The van der Waals surface area contributed by atoms with E-state index in [1.54, 1.807) is 0 Å². The number of hydrogen-bond donors (Lipinski definition) is 0. The summed E-state index contributed by atoms with van der Waals surface area (Å²) in [5.41, 5.74) is 2.28. The van der Waals surface area contributed by atoms with E-state index in [1.165, 1.54) is 11.0 Å². The smallest absolute Gasteiger partial charge is 0.256 e. The van der Waals surface area contributed by atoms with Gasteiger partial charge in [-0.05, 0) is 37.3 Å². The number of sulfone groups is 1. The molecular formula is C20H20FN3O4S. The SMILES string of the molecule is Cc1noc2cc(N3CCN(C(=O)c4cc(S(C)(=O)=O)ccc4F)CC3)ccc12. The summed E-state index contributed by atoms with van der Waals surface area (Å²) in [6.07, 6.45) is 1.03. The quantitative estimate of drug-likeness (QED) is 0.609. The molecule has 0 unspecified atom stereocenters. The number of hydrogen-bond acceptors (Lipinski definition) is 6. The van der Waals surface area contributed by atoms with Gasteiger partial charge in [-0.2, -0.15) is 0 Å². The van der Waals surface area contributed by atoms with Crippen LogP contribution >= 0.6 is 0 Å². The van der Waals surface area contributed by atoms with Crippen LogP contribution in [0.4, 0.5) is 10.1 Å². The lowest BCUT2D eigenvalue weighted by Crippen LogP contribution is -2.49. The Labute approximate surface area is 167 Å². The molecule has 152 valence electrons. The Morgan fingerprint density at radius 1 is 1.10 bits per heavy atom. The largest absolute Gasteiger partial charge is 0.368 e. The molecule has 0 radical (unpaired) electrons. The van der Waals surface area contributed by atoms with Gasteiger partial charge in [0.1, 0.15) is 5.82 Å². The molecule has 1 amide bonds. The topological polar surface area (TPSA) is 83.7 Å². The Bertz CT molecular complexity index is 1200. The minimum Gasteiger partial charge on any atom is -0.368 e. The molecule has 3 aromatic rings. The summed E-state index contributed by atoms with van der Waals surface area (Å²) in [5, 5.41) is 4.92. The molecule has 2 aromatic carbocycles. The number of halogens is 1. The molecule has 0 spiro atoms. The summed E-state index contributed by atoms with van der Waals surface area (Å²) in [6.45, 7) is 3.81. The van der Waals surface area contributed by atoms with Crippen molar-refractivity contribution in [2.45, 2.75) is 11.8 Å². The average molecular weight is 417 g/mol. The molecule has 0 aliphatic carbocycles. The van der Waals surface area contributed by atoms with Gasteiger partial charge in [0.05, 0.1) is 16.2 Å². The molecule has 1 aromatic heterocycles. The van der Waals surface area contributed by atoms with Gasteiger partial charge in [-0.3, -0.25) is 4.79 Å². The Kier molecular flexibility index (Phi) is 4.77. The molecule has 0 N–H and O–H groups in total. The minimum atomic E-state index is -3.53. The Morgan fingerprint density at radius 3 is 2.52 bits per heavy atom. The number of fused-ring (bicyclic) bond motifs is 1. The van der Waals surface area contributed by atoms with Gasteiger partial charge in [0, 0.05) is 49.6 Å². The molecule has 1 aliphatic heterocycles. The number of carbonyl (C=O) groups is 1. The van der Waals surface area contributed by atoms with Crippen molar-refractivity contribution in [2.75, 3.05) is 37.3 Å². The van der Waals surface area contributed by atoms with Crippen molar-refractivity contribution in [3.05, 3.63) is 53.5 Å². The first-order valence-corrected chi connectivity index (χ1v) is 11.0. The van der Waals surface area contributed by atoms with Gasteiger partial charge in [-0.25, -0.2) is 12.8 Å². The molecule has 1 aliphatic rings. The molecular weight excluding hydrogens is 397 g/mol. The average Bonchev–Trinajstić information content (AvgIpc) is 3.07. The number of amides is 1. The van der Waals surface area contributed by atoms with Gasteiger partial charge in [-0.1, -0.05) is 5.16 Å². The summed E-state index contributed by atoms with van der Waals surface area (Å²) in [5.74, 6) is -1.23. The number of benzene rings is 2. The maximum Gasteiger partial charge on any atom is 0.256 e. The highest BCUT2D eigenvalue weighted by molar-refractivity contribution is 7.90. The molecule has 2 heterocycles. The number of anilines is 1. The Morgan fingerprint density at radius 2 is 1.83 bits per heavy atom. The third-order valence-corrected chi connectivity index (χ3v) is 6.27. The van der Waals surface area contributed by atoms with E-state index in [0.29, 0.717) is 31.8 Å². The first-order chi connectivity index (χ1) is 13.7. The van der Waals surface area contributed by atoms with Crippen molar-refractivity contribution in [3.63, 3.8) is 0 Å². The van der Waals surface area contributed by atoms with E-state index in [1.807, 2.05) is 25.1 Å². The van der Waals surface area contributed by atoms with Crippen LogP contribution in [0.5, 0.6) is 0 Å². The Balaban J connectivity index is 1.50. The van der Waals surface area contributed by atoms with Crippen LogP contribution in [0.2, 0.25) is 0 Å². The van der Waals surface area contributed by atoms with E-state index in [2.05, 4.69) is 10.1 Å². The van der Waals surface area contributed by atoms with E-state index in [9.17, 15) is 17.6 Å². The predicted octanol–water partition coefficient (Wildman–Crippen LogP) is 2.64. The fourth-order valence-corrected chi connectivity index (χ4v) is 4.13. The van der Waals surface area contributed by atoms with Crippen molar-refractivity contribution in [1.82, 2.24) is 10.1 Å². The van der Waals surface area contributed by atoms with Gasteiger partial charge in [0.15, 0.2) is 15.4 Å². The number of aryl methyl sites for hydroxylation is 1. The molecule has 1 fully saturated rings. The summed E-state index contributed by atoms with van der Waals surface area (Å²) in [6, 6.07) is 9.16. The third-order valence-electron chi connectivity index (χ3n) is 5.16. The molecule has 1 saturated heterocycles. The zero-order valence-electron chi connectivity index (χ0n) is 16.1. The van der Waals surface area contributed by atoms with Gasteiger partial charge in [0.2, 0.25) is 0 Å². The summed E-state index contributed by atoms with van der Waals surface area (Å²) >= 11 is 0. The summed E-state index contributed by atoms with van der Waals surface area (Å²) in [4.78, 5) is 16.4. The van der Waals surface area contributed by atoms with Gasteiger partial charge in [-0.15, -0.1) is 0 Å². The molecule has 9 heteroatoms. The molecule has 0 saturated carbocycles. The van der Waals surface area contributed by atoms with E-state index in [4.69, 9.17) is 4.52 Å². The van der Waals surface area contributed by atoms with Gasteiger partial charge in [0.25, 0.3) is 5.91 Å². The van der Waals surface area contributed by atoms with Crippen molar-refractivity contribution in [1.29, 1.82) is 0 Å². The van der Waals surface area contributed by atoms with Crippen LogP contribution < -0.4 is 4.90 Å². The van der Waals surface area contributed by atoms with E-state index >= 15 is 0 Å². The lowest BCUT2D eigenvalue weighted by atomic mass is 10.1. The fraction of sp³-hybridized carbons (Fsp3) is 0.300. The van der Waals surface area contributed by atoms with Crippen molar-refractivity contribution >= 4 is 32.4 Å². The zero-order chi connectivity index (χ0) is 20.8. The van der Waals surface area contributed by atoms with Crippen LogP contribution in [0.15, 0.2) is 45.8 Å². The normalized spacial score (nSPS) is 15.1. The summed E-state index contributed by atoms with van der Waals surface area (Å²) < 4.78 is 43.0. The highest BCUT2D eigenvalue weighted by Crippen LogP contribution is 2.25. The first-order valence-electron chi connectivity index (χ1n) is 9.14. The highest BCUT2D eigenvalue weighted by Gasteiger charge is 2.25. The fourth-order valence-electron chi connectivity index (χ4n) is 3.49. The first kappa shape index (κ1) is 19.4. The van der Waals surface area contributed by atoms with Crippen molar-refractivity contribution in [2.24, 2.45) is 0 Å². The maximum absolute atomic E-state index is 14.2. The number of carbonyl (C=O) groups excluding carboxylic acids is 1. The molecule has 0 atom stereocenters. The van der Waals surface area contributed by atoms with Crippen molar-refractivity contribution < 1.29 is 22.1 Å². The van der Waals surface area contributed by atoms with Crippen molar-refractivity contribution in [3.8, 4) is 0 Å². The lowest BCUT2D eigenvalue weighted by molar-refractivity contribution is 0.0741. The molecule has 29 heavy (non-hydrogen) atoms. The minimum absolute atomic E-state index is 0.0726. The van der Waals surface area contributed by atoms with E-state index < -0.39 is 21.6 Å². The van der Waals surface area contributed by atoms with Crippen LogP contribution in [0.25, 0.3) is 11.0 Å². The van der Waals surface area contributed by atoms with Crippen LogP contribution in [-0.4, -0.2) is 56.8 Å². The predicted molar refractivity (Wildman–Crippen MR) is 106 cm³/mol. The number of nitrogens with zero attached hydrogens (tertiary/aromatic N) is 3. The number of rotatable bonds is 3. The Hall–Kier alpha value is -2.94. The molecule has 0 bridgehead atoms. The molecule has 4 rings (SSSR count). The highest BCUT2D eigenvalue weighted by atomic mass is 32.2. The zero-order valence-corrected chi connectivity index (χ0v) is 16.9. The van der Waals surface area contributed by atoms with E-state index in [-0.39, 0.29) is 10.5 Å². The second kappa shape index (κ2) is 7.14. The monoisotopic (exact) mass is 417 g/mol. The second-order valence-corrected chi connectivity index (χ2v) is 9.16. The van der Waals surface area contributed by atoms with Gasteiger partial charge >= 0.3 is 0 Å².